The van der Waals surface area contributed by atoms with Gasteiger partial charge in [-0.3, -0.25) is 4.57 Å². The average molecular weight is 1000 g/mol. The second-order valence-electron chi connectivity index (χ2n) is 23.8. The van der Waals surface area contributed by atoms with Crippen LogP contribution < -0.4 is 14.5 Å². The van der Waals surface area contributed by atoms with Crippen molar-refractivity contribution in [1.82, 2.24) is 9.55 Å². The Bertz CT molecular complexity index is 3960. The summed E-state index contributed by atoms with van der Waals surface area (Å²) in [6, 6.07) is 79.2. The number of aromatic nitrogens is 2. The van der Waals surface area contributed by atoms with E-state index < -0.39 is 0 Å². The van der Waals surface area contributed by atoms with Crippen molar-refractivity contribution in [2.75, 3.05) is 16.5 Å². The first-order valence-corrected chi connectivity index (χ1v) is 27.0. The Morgan fingerprint density at radius 1 is 0.390 bits per heavy atom. The van der Waals surface area contributed by atoms with E-state index in [0.717, 1.165) is 61.7 Å². The van der Waals surface area contributed by atoms with Crippen molar-refractivity contribution in [3.05, 3.63) is 241 Å². The van der Waals surface area contributed by atoms with Crippen LogP contribution in [-0.2, 0) is 16.2 Å². The molecule has 0 saturated heterocycles. The maximum atomic E-state index is 6.97. The molecule has 11 aromatic rings. The van der Waals surface area contributed by atoms with Gasteiger partial charge in [0.2, 0.25) is 0 Å². The third kappa shape index (κ3) is 9.35. The largest absolute Gasteiger partial charge is 0.457 e. The fraction of sp³-hybridized carbons (Fsp3) is 0.181. The molecular formula is C72H66N4O. The Balaban J connectivity index is 0.934. The lowest BCUT2D eigenvalue weighted by Gasteiger charge is -2.27. The molecular weight excluding hydrogens is 937 g/mol. The summed E-state index contributed by atoms with van der Waals surface area (Å²) in [6.45, 7) is 21.1. The van der Waals surface area contributed by atoms with Gasteiger partial charge in [-0.1, -0.05) is 214 Å². The number of nitrogens with zero attached hydrogens (tertiary/aromatic N) is 4. The zero-order chi connectivity index (χ0) is 53.2. The number of fused-ring (bicyclic) bond motifs is 4. The fourth-order valence-corrected chi connectivity index (χ4v) is 11.2. The Kier molecular flexibility index (Phi) is 12.3. The number of para-hydroxylation sites is 3. The Labute approximate surface area is 454 Å². The van der Waals surface area contributed by atoms with Crippen LogP contribution in [0, 0.1) is 0 Å². The molecule has 0 saturated carbocycles. The van der Waals surface area contributed by atoms with Crippen LogP contribution in [0.15, 0.2) is 225 Å². The summed E-state index contributed by atoms with van der Waals surface area (Å²) in [5, 5.41) is 2.29. The van der Waals surface area contributed by atoms with Gasteiger partial charge in [0.05, 0.1) is 28.1 Å². The Morgan fingerprint density at radius 3 is 1.56 bits per heavy atom. The van der Waals surface area contributed by atoms with E-state index in [4.69, 9.17) is 9.72 Å². The van der Waals surface area contributed by atoms with Gasteiger partial charge in [-0.25, -0.2) is 4.98 Å². The van der Waals surface area contributed by atoms with Crippen molar-refractivity contribution in [3.8, 4) is 61.8 Å². The summed E-state index contributed by atoms with van der Waals surface area (Å²) in [5.74, 6) is 2.37. The van der Waals surface area contributed by atoms with Crippen molar-refractivity contribution in [3.63, 3.8) is 0 Å². The number of hydrogen-bond donors (Lipinski definition) is 0. The Hall–Kier alpha value is -8.67. The second kappa shape index (κ2) is 19.2. The van der Waals surface area contributed by atoms with Crippen LogP contribution in [0.5, 0.6) is 11.5 Å². The maximum Gasteiger partial charge on any atom is 0.137 e. The first-order chi connectivity index (χ1) is 37.1. The van der Waals surface area contributed by atoms with E-state index in [2.05, 4.69) is 301 Å². The van der Waals surface area contributed by atoms with E-state index in [9.17, 15) is 0 Å². The van der Waals surface area contributed by atoms with Gasteiger partial charge in [-0.15, -0.1) is 0 Å². The molecule has 0 aliphatic carbocycles. The molecule has 5 heteroatoms. The van der Waals surface area contributed by atoms with Gasteiger partial charge in [-0.2, -0.15) is 0 Å². The molecule has 9 aromatic carbocycles. The van der Waals surface area contributed by atoms with Crippen LogP contribution in [0.1, 0.15) is 79.0 Å². The molecule has 0 amide bonds. The lowest BCUT2D eigenvalue weighted by molar-refractivity contribution is 0.483. The Morgan fingerprint density at radius 2 is 0.935 bits per heavy atom. The summed E-state index contributed by atoms with van der Waals surface area (Å²) >= 11 is 0. The third-order valence-corrected chi connectivity index (χ3v) is 15.4. The lowest BCUT2D eigenvalue weighted by atomic mass is 9.81. The molecule has 0 unspecified atom stereocenters. The van der Waals surface area contributed by atoms with Gasteiger partial charge in [-0.05, 0) is 115 Å². The summed E-state index contributed by atoms with van der Waals surface area (Å²) in [4.78, 5) is 10.2. The van der Waals surface area contributed by atoms with Gasteiger partial charge in [0.15, 0.2) is 0 Å². The summed E-state index contributed by atoms with van der Waals surface area (Å²) in [5.41, 5.74) is 19.9. The molecule has 380 valence electrons. The molecule has 12 rings (SSSR count). The average Bonchev–Trinajstić information content (AvgIpc) is 4.17. The van der Waals surface area contributed by atoms with E-state index >= 15 is 0 Å². The molecule has 0 bridgehead atoms. The molecule has 3 heterocycles. The number of hydrogen-bond acceptors (Lipinski definition) is 4. The summed E-state index contributed by atoms with van der Waals surface area (Å²) < 4.78 is 9.29. The zero-order valence-electron chi connectivity index (χ0n) is 45.8. The van der Waals surface area contributed by atoms with E-state index in [1.165, 1.54) is 61.3 Å². The number of ether oxygens (including phenoxy) is 1. The highest BCUT2D eigenvalue weighted by molar-refractivity contribution is 6.11. The first-order valence-electron chi connectivity index (χ1n) is 27.0. The predicted octanol–water partition coefficient (Wildman–Crippen LogP) is 19.8. The zero-order valence-corrected chi connectivity index (χ0v) is 45.8. The molecule has 0 atom stereocenters. The molecule has 0 radical (unpaired) electrons. The number of pyridine rings is 1. The minimum Gasteiger partial charge on any atom is -0.457 e. The highest BCUT2D eigenvalue weighted by Crippen LogP contribution is 2.51. The first kappa shape index (κ1) is 49.2. The van der Waals surface area contributed by atoms with Crippen LogP contribution in [0.4, 0.5) is 22.7 Å². The monoisotopic (exact) mass is 1000 g/mol. The maximum absolute atomic E-state index is 6.97. The normalized spacial score (nSPS) is 12.9. The second-order valence-corrected chi connectivity index (χ2v) is 23.8. The lowest BCUT2D eigenvalue weighted by Crippen LogP contribution is -2.25. The van der Waals surface area contributed by atoms with Gasteiger partial charge in [0.1, 0.15) is 24.0 Å². The molecule has 0 N–H and O–H groups in total. The van der Waals surface area contributed by atoms with Gasteiger partial charge >= 0.3 is 0 Å². The van der Waals surface area contributed by atoms with Gasteiger partial charge < -0.3 is 14.5 Å². The van der Waals surface area contributed by atoms with E-state index in [-0.39, 0.29) is 16.2 Å². The van der Waals surface area contributed by atoms with Crippen LogP contribution >= 0.6 is 0 Å². The van der Waals surface area contributed by atoms with Gasteiger partial charge in [0.25, 0.3) is 0 Å². The molecule has 1 aliphatic heterocycles. The van der Waals surface area contributed by atoms with Crippen LogP contribution in [0.25, 0.3) is 72.1 Å². The smallest absolute Gasteiger partial charge is 0.137 e. The van der Waals surface area contributed by atoms with Crippen molar-refractivity contribution in [2.45, 2.75) is 78.6 Å². The standard InChI is InChI=1S/C72H66N4O/c1-70(2,3)53-35-30-50(31-36-53)59-27-19-26-58(49-22-14-11-15-23-49)69(59)75-47-74(65-28-16-17-29-66(65)75)55-24-18-25-56(43-55)77-57-39-40-60-61-42-52(48-20-12-10-13-21-48)34-41-64(61)76(67(60)44-57)68-45-63(72(7,8)9)62(46-73-68)51-32-37-54(38-33-51)71(4,5)6/h10-46H,47H2,1-9H3. The van der Waals surface area contributed by atoms with E-state index in [1.54, 1.807) is 0 Å². The van der Waals surface area contributed by atoms with Gasteiger partial charge in [0, 0.05) is 51.5 Å². The molecule has 0 spiro atoms. The van der Waals surface area contributed by atoms with Crippen molar-refractivity contribution in [1.29, 1.82) is 0 Å². The van der Waals surface area contributed by atoms with Crippen LogP contribution in [-0.4, -0.2) is 16.2 Å². The molecule has 1 aliphatic rings. The topological polar surface area (TPSA) is 33.5 Å². The number of benzene rings is 9. The van der Waals surface area contributed by atoms with Crippen LogP contribution in [0.2, 0.25) is 0 Å². The van der Waals surface area contributed by atoms with E-state index in [1.807, 2.05) is 0 Å². The molecule has 77 heavy (non-hydrogen) atoms. The number of anilines is 4. The highest BCUT2D eigenvalue weighted by Gasteiger charge is 2.32. The minimum absolute atomic E-state index is 0.0568. The quantitative estimate of drug-likeness (QED) is 0.144. The van der Waals surface area contributed by atoms with E-state index in [0.29, 0.717) is 6.67 Å². The minimum atomic E-state index is -0.160. The van der Waals surface area contributed by atoms with Crippen molar-refractivity contribution in [2.24, 2.45) is 0 Å². The summed E-state index contributed by atoms with van der Waals surface area (Å²) in [6.07, 6.45) is 2.08. The summed E-state index contributed by atoms with van der Waals surface area (Å²) in [7, 11) is 0. The molecule has 5 nitrogen and oxygen atoms in total. The van der Waals surface area contributed by atoms with Crippen LogP contribution in [0.3, 0.4) is 0 Å². The third-order valence-electron chi connectivity index (χ3n) is 15.4. The predicted molar refractivity (Wildman–Crippen MR) is 325 cm³/mol. The molecule has 0 fully saturated rings. The number of rotatable bonds is 9. The van der Waals surface area contributed by atoms with Crippen molar-refractivity contribution >= 4 is 44.6 Å². The molecule has 2 aromatic heterocycles. The van der Waals surface area contributed by atoms with Crippen molar-refractivity contribution < 1.29 is 4.74 Å². The fourth-order valence-electron chi connectivity index (χ4n) is 11.2. The SMILES string of the molecule is CC(C)(C)c1ccc(-c2cnc(-n3c4ccc(-c5ccccc5)cc4c4ccc(Oc5cccc(N6CN(c7c(-c8ccccc8)cccc7-c7ccc(C(C)(C)C)cc7)c7ccccc76)c5)cc43)cc2C(C)(C)C)cc1. The highest BCUT2D eigenvalue weighted by atomic mass is 16.5.